The molecule has 1 fully saturated rings. The summed E-state index contributed by atoms with van der Waals surface area (Å²) in [5.41, 5.74) is 2.54. The molecule has 2 atom stereocenters. The highest BCUT2D eigenvalue weighted by Gasteiger charge is 2.40. The van der Waals surface area contributed by atoms with Crippen LogP contribution in [0.1, 0.15) is 27.4 Å². The molecule has 2 aromatic carbocycles. The third-order valence-corrected chi connectivity index (χ3v) is 5.45. The van der Waals surface area contributed by atoms with E-state index < -0.39 is 11.9 Å². The first-order chi connectivity index (χ1) is 11.5. The number of carbonyl (C=O) groups excluding carboxylic acids is 1. The molecule has 24 heavy (non-hydrogen) atoms. The highest BCUT2D eigenvalue weighted by Crippen LogP contribution is 2.33. The number of rotatable bonds is 3. The van der Waals surface area contributed by atoms with Gasteiger partial charge in [-0.15, -0.1) is 0 Å². The van der Waals surface area contributed by atoms with Crippen LogP contribution in [0.5, 0.6) is 0 Å². The number of nitrogens with zero attached hydrogens (tertiary/aromatic N) is 1. The summed E-state index contributed by atoms with van der Waals surface area (Å²) in [4.78, 5) is 26.1. The number of carboxylic acids is 1. The largest absolute Gasteiger partial charge is 0.481 e. The molecule has 0 aliphatic carbocycles. The molecule has 2 aromatic rings. The number of likely N-dealkylation sites (tertiary alicyclic amines) is 1. The van der Waals surface area contributed by atoms with E-state index in [4.69, 9.17) is 0 Å². The fourth-order valence-corrected chi connectivity index (χ4v) is 3.46. The Bertz CT molecular complexity index is 775. The molecule has 1 aliphatic rings. The molecule has 1 saturated heterocycles. The Morgan fingerprint density at radius 3 is 2.46 bits per heavy atom. The van der Waals surface area contributed by atoms with Crippen LogP contribution in [0.25, 0.3) is 0 Å². The molecule has 0 spiro atoms. The lowest BCUT2D eigenvalue weighted by Crippen LogP contribution is -2.29. The van der Waals surface area contributed by atoms with E-state index in [1.54, 1.807) is 11.0 Å². The highest BCUT2D eigenvalue weighted by molar-refractivity contribution is 9.10. The van der Waals surface area contributed by atoms with Gasteiger partial charge in [-0.25, -0.2) is 0 Å². The van der Waals surface area contributed by atoms with Crippen LogP contribution < -0.4 is 0 Å². The van der Waals surface area contributed by atoms with Crippen LogP contribution in [0.2, 0.25) is 0 Å². The van der Waals surface area contributed by atoms with Gasteiger partial charge in [0.2, 0.25) is 0 Å². The maximum atomic E-state index is 12.8. The average molecular weight is 388 g/mol. The normalized spacial score (nSPS) is 20.2. The Morgan fingerprint density at radius 2 is 1.83 bits per heavy atom. The van der Waals surface area contributed by atoms with Gasteiger partial charge in [0.15, 0.2) is 0 Å². The van der Waals surface area contributed by atoms with Crippen molar-refractivity contribution >= 4 is 27.8 Å². The van der Waals surface area contributed by atoms with Gasteiger partial charge in [0.1, 0.15) is 0 Å². The third kappa shape index (κ3) is 3.22. The van der Waals surface area contributed by atoms with E-state index in [1.165, 1.54) is 0 Å². The molecule has 0 saturated carbocycles. The van der Waals surface area contributed by atoms with Crippen molar-refractivity contribution in [2.45, 2.75) is 12.8 Å². The maximum absolute atomic E-state index is 12.8. The first-order valence-electron chi connectivity index (χ1n) is 7.80. The molecule has 2 unspecified atom stereocenters. The molecule has 1 amide bonds. The summed E-state index contributed by atoms with van der Waals surface area (Å²) in [6.07, 6.45) is 0. The van der Waals surface area contributed by atoms with E-state index in [0.717, 1.165) is 15.6 Å². The Balaban J connectivity index is 1.86. The van der Waals surface area contributed by atoms with E-state index in [1.807, 2.05) is 49.4 Å². The van der Waals surface area contributed by atoms with Crippen LogP contribution in [-0.2, 0) is 4.79 Å². The number of aryl methyl sites for hydroxylation is 1. The van der Waals surface area contributed by atoms with Crippen molar-refractivity contribution in [3.05, 3.63) is 69.7 Å². The van der Waals surface area contributed by atoms with Crippen LogP contribution in [0.4, 0.5) is 0 Å². The fraction of sp³-hybridized carbons (Fsp3) is 0.263. The summed E-state index contributed by atoms with van der Waals surface area (Å²) in [5, 5.41) is 9.55. The second-order valence-electron chi connectivity index (χ2n) is 6.14. The SMILES string of the molecule is Cc1cc(C(=O)N2CC(C(=O)O)C(c3ccccc3)C2)ccc1Br. The molecule has 1 heterocycles. The van der Waals surface area contributed by atoms with E-state index in [0.29, 0.717) is 12.1 Å². The predicted molar refractivity (Wildman–Crippen MR) is 95.1 cm³/mol. The van der Waals surface area contributed by atoms with Crippen molar-refractivity contribution in [3.8, 4) is 0 Å². The lowest BCUT2D eigenvalue weighted by Gasteiger charge is -2.17. The summed E-state index contributed by atoms with van der Waals surface area (Å²) >= 11 is 3.43. The topological polar surface area (TPSA) is 57.6 Å². The molecule has 5 heteroatoms. The van der Waals surface area contributed by atoms with Crippen LogP contribution in [0.3, 0.4) is 0 Å². The molecule has 1 aliphatic heterocycles. The molecule has 124 valence electrons. The molecule has 0 bridgehead atoms. The average Bonchev–Trinajstić information content (AvgIpc) is 3.03. The summed E-state index contributed by atoms with van der Waals surface area (Å²) in [6, 6.07) is 15.0. The zero-order valence-corrected chi connectivity index (χ0v) is 14.9. The van der Waals surface area contributed by atoms with Crippen molar-refractivity contribution in [1.29, 1.82) is 0 Å². The first-order valence-corrected chi connectivity index (χ1v) is 8.60. The van der Waals surface area contributed by atoms with Crippen LogP contribution >= 0.6 is 15.9 Å². The van der Waals surface area contributed by atoms with Crippen molar-refractivity contribution in [2.75, 3.05) is 13.1 Å². The summed E-state index contributed by atoms with van der Waals surface area (Å²) in [7, 11) is 0. The number of benzene rings is 2. The quantitative estimate of drug-likeness (QED) is 0.873. The van der Waals surface area contributed by atoms with Crippen LogP contribution in [0, 0.1) is 12.8 Å². The first kappa shape index (κ1) is 16.7. The zero-order chi connectivity index (χ0) is 17.3. The van der Waals surface area contributed by atoms with Gasteiger partial charge in [-0.2, -0.15) is 0 Å². The molecule has 0 aromatic heterocycles. The van der Waals surface area contributed by atoms with Gasteiger partial charge in [-0.1, -0.05) is 46.3 Å². The Morgan fingerprint density at radius 1 is 1.12 bits per heavy atom. The van der Waals surface area contributed by atoms with Gasteiger partial charge in [0.25, 0.3) is 5.91 Å². The lowest BCUT2D eigenvalue weighted by atomic mass is 9.89. The summed E-state index contributed by atoms with van der Waals surface area (Å²) < 4.78 is 0.950. The number of halogens is 1. The molecular formula is C19H18BrNO3. The maximum Gasteiger partial charge on any atom is 0.308 e. The van der Waals surface area contributed by atoms with Crippen molar-refractivity contribution in [2.24, 2.45) is 5.92 Å². The minimum Gasteiger partial charge on any atom is -0.481 e. The minimum absolute atomic E-state index is 0.115. The number of amides is 1. The summed E-state index contributed by atoms with van der Waals surface area (Å²) in [6.45, 7) is 2.59. The zero-order valence-electron chi connectivity index (χ0n) is 13.3. The van der Waals surface area contributed by atoms with E-state index in [-0.39, 0.29) is 18.4 Å². The summed E-state index contributed by atoms with van der Waals surface area (Å²) in [5.74, 6) is -1.72. The molecule has 0 radical (unpaired) electrons. The highest BCUT2D eigenvalue weighted by atomic mass is 79.9. The van der Waals surface area contributed by atoms with Crippen LogP contribution in [0.15, 0.2) is 53.0 Å². The third-order valence-electron chi connectivity index (χ3n) is 4.56. The number of hydrogen-bond acceptors (Lipinski definition) is 2. The Labute approximate surface area is 149 Å². The second kappa shape index (κ2) is 6.77. The molecular weight excluding hydrogens is 370 g/mol. The van der Waals surface area contributed by atoms with Gasteiger partial charge < -0.3 is 10.0 Å². The van der Waals surface area contributed by atoms with E-state index in [9.17, 15) is 14.7 Å². The van der Waals surface area contributed by atoms with Crippen molar-refractivity contribution in [3.63, 3.8) is 0 Å². The monoisotopic (exact) mass is 387 g/mol. The second-order valence-corrected chi connectivity index (χ2v) is 6.99. The van der Waals surface area contributed by atoms with Gasteiger partial charge in [0, 0.05) is 29.0 Å². The van der Waals surface area contributed by atoms with E-state index >= 15 is 0 Å². The lowest BCUT2D eigenvalue weighted by molar-refractivity contribution is -0.141. The van der Waals surface area contributed by atoms with Gasteiger partial charge in [-0.05, 0) is 36.2 Å². The smallest absolute Gasteiger partial charge is 0.308 e. The van der Waals surface area contributed by atoms with Gasteiger partial charge in [-0.3, -0.25) is 9.59 Å². The Kier molecular flexibility index (Phi) is 4.71. The van der Waals surface area contributed by atoms with Crippen molar-refractivity contribution in [1.82, 2.24) is 4.90 Å². The molecule has 3 rings (SSSR count). The fourth-order valence-electron chi connectivity index (χ4n) is 3.22. The molecule has 1 N–H and O–H groups in total. The van der Waals surface area contributed by atoms with E-state index in [2.05, 4.69) is 15.9 Å². The van der Waals surface area contributed by atoms with Crippen LogP contribution in [-0.4, -0.2) is 35.0 Å². The number of aliphatic carboxylic acids is 1. The number of hydrogen-bond donors (Lipinski definition) is 1. The Hall–Kier alpha value is -2.14. The van der Waals surface area contributed by atoms with Crippen molar-refractivity contribution < 1.29 is 14.7 Å². The van der Waals surface area contributed by atoms with Gasteiger partial charge in [0.05, 0.1) is 5.92 Å². The standard InChI is InChI=1S/C19H18BrNO3/c1-12-9-14(7-8-17(12)20)18(22)21-10-15(16(11-21)19(23)24)13-5-3-2-4-6-13/h2-9,15-16H,10-11H2,1H3,(H,23,24). The molecule has 4 nitrogen and oxygen atoms in total. The minimum atomic E-state index is -0.855. The number of carbonyl (C=O) groups is 2. The predicted octanol–water partition coefficient (Wildman–Crippen LogP) is 3.70. The number of carboxylic acid groups (broad SMARTS) is 1. The van der Waals surface area contributed by atoms with Gasteiger partial charge >= 0.3 is 5.97 Å².